The highest BCUT2D eigenvalue weighted by Gasteiger charge is 2.15. The normalized spacial score (nSPS) is 17.2. The highest BCUT2D eigenvalue weighted by Crippen LogP contribution is 2.24. The number of nitrogens with zero attached hydrogens (tertiary/aromatic N) is 2. The van der Waals surface area contributed by atoms with Crippen molar-refractivity contribution in [3.63, 3.8) is 0 Å². The molecule has 1 unspecified atom stereocenters. The summed E-state index contributed by atoms with van der Waals surface area (Å²) in [5.74, 6) is 1.42. The van der Waals surface area contributed by atoms with Gasteiger partial charge in [0, 0.05) is 45.3 Å². The number of ether oxygens (including phenoxy) is 2. The molecule has 3 N–H and O–H groups in total. The second-order valence-electron chi connectivity index (χ2n) is 6.76. The van der Waals surface area contributed by atoms with Crippen molar-refractivity contribution in [2.45, 2.75) is 19.8 Å². The largest absolute Gasteiger partial charge is 0.381 e. The van der Waals surface area contributed by atoms with E-state index in [1.54, 1.807) is 11.3 Å². The molecule has 1 atom stereocenters. The molecule has 1 fully saturated rings. The van der Waals surface area contributed by atoms with Gasteiger partial charge in [-0.2, -0.15) is 0 Å². The number of benzene rings is 1. The van der Waals surface area contributed by atoms with E-state index in [9.17, 15) is 0 Å². The summed E-state index contributed by atoms with van der Waals surface area (Å²) in [4.78, 5) is 9.20. The van der Waals surface area contributed by atoms with E-state index in [1.807, 2.05) is 18.2 Å². The Balaban J connectivity index is 1.30. The minimum atomic E-state index is 0.574. The van der Waals surface area contributed by atoms with Gasteiger partial charge in [-0.25, -0.2) is 4.98 Å². The van der Waals surface area contributed by atoms with Crippen LogP contribution in [0.4, 0.5) is 5.13 Å². The first-order valence-corrected chi connectivity index (χ1v) is 10.9. The lowest BCUT2D eigenvalue weighted by Crippen LogP contribution is -2.39. The number of guanidine groups is 1. The third-order valence-electron chi connectivity index (χ3n) is 4.43. The predicted octanol–water partition coefficient (Wildman–Crippen LogP) is 2.71. The van der Waals surface area contributed by atoms with Gasteiger partial charge in [0.1, 0.15) is 0 Å². The molecule has 1 aliphatic heterocycles. The van der Waals surface area contributed by atoms with Crippen LogP contribution in [0.5, 0.6) is 0 Å². The Labute approximate surface area is 170 Å². The molecule has 154 valence electrons. The van der Waals surface area contributed by atoms with E-state index >= 15 is 0 Å². The summed E-state index contributed by atoms with van der Waals surface area (Å²) < 4.78 is 12.3. The zero-order chi connectivity index (χ0) is 19.4. The fourth-order valence-corrected chi connectivity index (χ4v) is 3.85. The number of thiazole rings is 1. The standard InChI is InChI=1S/C20H31N5O2S/c1-2-21-19(22-9-5-12-26-14-16-8-13-27-15-16)23-10-11-24-20-25-17-6-3-4-7-18(17)28-20/h3-4,6-7,16H,2,5,8-15H2,1H3,(H,24,25)(H2,21,22,23). The molecule has 8 heteroatoms. The number of aliphatic imine (C=N–C) groups is 1. The van der Waals surface area contributed by atoms with Crippen LogP contribution in [-0.2, 0) is 9.47 Å². The quantitative estimate of drug-likeness (QED) is 0.303. The number of hydrogen-bond donors (Lipinski definition) is 3. The van der Waals surface area contributed by atoms with Gasteiger partial charge in [0.2, 0.25) is 0 Å². The lowest BCUT2D eigenvalue weighted by molar-refractivity contribution is 0.0893. The molecule has 0 bridgehead atoms. The van der Waals surface area contributed by atoms with E-state index in [-0.39, 0.29) is 0 Å². The number of anilines is 1. The smallest absolute Gasteiger partial charge is 0.191 e. The molecule has 7 nitrogen and oxygen atoms in total. The van der Waals surface area contributed by atoms with Gasteiger partial charge in [0.05, 0.1) is 23.4 Å². The molecule has 0 spiro atoms. The van der Waals surface area contributed by atoms with Crippen LogP contribution in [0, 0.1) is 5.92 Å². The van der Waals surface area contributed by atoms with Gasteiger partial charge in [0.25, 0.3) is 0 Å². The van der Waals surface area contributed by atoms with Gasteiger partial charge in [-0.15, -0.1) is 0 Å². The van der Waals surface area contributed by atoms with E-state index in [0.29, 0.717) is 5.92 Å². The van der Waals surface area contributed by atoms with Crippen LogP contribution in [0.2, 0.25) is 0 Å². The molecule has 2 aromatic rings. The zero-order valence-corrected chi connectivity index (χ0v) is 17.4. The van der Waals surface area contributed by atoms with Gasteiger partial charge in [-0.3, -0.25) is 4.99 Å². The average molecular weight is 406 g/mol. The summed E-state index contributed by atoms with van der Waals surface area (Å²) in [7, 11) is 0. The highest BCUT2D eigenvalue weighted by atomic mass is 32.1. The SMILES string of the molecule is CCNC(=NCCCOCC1CCOC1)NCCNc1nc2ccccc2s1. The first-order chi connectivity index (χ1) is 13.8. The number of rotatable bonds is 11. The summed E-state index contributed by atoms with van der Waals surface area (Å²) in [6, 6.07) is 8.19. The second kappa shape index (κ2) is 11.8. The van der Waals surface area contributed by atoms with E-state index in [1.165, 1.54) is 4.70 Å². The summed E-state index contributed by atoms with van der Waals surface area (Å²) in [5.41, 5.74) is 1.04. The van der Waals surface area contributed by atoms with Gasteiger partial charge in [-0.1, -0.05) is 23.5 Å². The minimum absolute atomic E-state index is 0.574. The minimum Gasteiger partial charge on any atom is -0.381 e. The molecular weight excluding hydrogens is 374 g/mol. The molecule has 0 saturated carbocycles. The molecule has 1 saturated heterocycles. The van der Waals surface area contributed by atoms with Crippen molar-refractivity contribution >= 4 is 32.6 Å². The van der Waals surface area contributed by atoms with Crippen molar-refractivity contribution in [1.29, 1.82) is 0 Å². The van der Waals surface area contributed by atoms with Crippen molar-refractivity contribution in [2.75, 3.05) is 57.9 Å². The summed E-state index contributed by atoms with van der Waals surface area (Å²) in [6.07, 6.45) is 2.05. The maximum Gasteiger partial charge on any atom is 0.191 e. The Morgan fingerprint density at radius 3 is 3.07 bits per heavy atom. The molecule has 2 heterocycles. The molecule has 28 heavy (non-hydrogen) atoms. The van der Waals surface area contributed by atoms with Gasteiger partial charge >= 0.3 is 0 Å². The van der Waals surface area contributed by atoms with Crippen LogP contribution < -0.4 is 16.0 Å². The lowest BCUT2D eigenvalue weighted by atomic mass is 10.1. The van der Waals surface area contributed by atoms with Crippen molar-refractivity contribution in [3.8, 4) is 0 Å². The molecule has 0 amide bonds. The van der Waals surface area contributed by atoms with Gasteiger partial charge in [0.15, 0.2) is 11.1 Å². The summed E-state index contributed by atoms with van der Waals surface area (Å²) >= 11 is 1.68. The third-order valence-corrected chi connectivity index (χ3v) is 5.42. The fourth-order valence-electron chi connectivity index (χ4n) is 2.96. The first-order valence-electron chi connectivity index (χ1n) is 10.1. The van der Waals surface area contributed by atoms with E-state index < -0.39 is 0 Å². The van der Waals surface area contributed by atoms with Crippen molar-refractivity contribution < 1.29 is 9.47 Å². The van der Waals surface area contributed by atoms with E-state index in [2.05, 4.69) is 38.9 Å². The Morgan fingerprint density at radius 1 is 1.32 bits per heavy atom. The van der Waals surface area contributed by atoms with Crippen LogP contribution in [0.25, 0.3) is 10.2 Å². The number of nitrogens with one attached hydrogen (secondary N) is 3. The van der Waals surface area contributed by atoms with Crippen LogP contribution in [0.3, 0.4) is 0 Å². The molecule has 0 radical (unpaired) electrons. The Bertz CT molecular complexity index is 697. The average Bonchev–Trinajstić information content (AvgIpc) is 3.36. The summed E-state index contributed by atoms with van der Waals surface area (Å²) in [6.45, 7) is 8.51. The van der Waals surface area contributed by atoms with Gasteiger partial charge < -0.3 is 25.4 Å². The Hall–Kier alpha value is -1.90. The number of fused-ring (bicyclic) bond motifs is 1. The number of hydrogen-bond acceptors (Lipinski definition) is 6. The maximum atomic E-state index is 5.73. The van der Waals surface area contributed by atoms with E-state index in [0.717, 1.165) is 82.1 Å². The third kappa shape index (κ3) is 6.92. The first kappa shape index (κ1) is 20.8. The zero-order valence-electron chi connectivity index (χ0n) is 16.6. The second-order valence-corrected chi connectivity index (χ2v) is 7.79. The molecule has 3 rings (SSSR count). The maximum absolute atomic E-state index is 5.73. The Morgan fingerprint density at radius 2 is 2.25 bits per heavy atom. The van der Waals surface area contributed by atoms with E-state index in [4.69, 9.17) is 9.47 Å². The topological polar surface area (TPSA) is 79.8 Å². The van der Waals surface area contributed by atoms with Crippen LogP contribution in [-0.4, -0.2) is 63.6 Å². The molecular formula is C20H31N5O2S. The molecule has 1 aliphatic rings. The summed E-state index contributed by atoms with van der Waals surface area (Å²) in [5, 5.41) is 11.0. The lowest BCUT2D eigenvalue weighted by Gasteiger charge is -2.12. The molecule has 1 aromatic carbocycles. The van der Waals surface area contributed by atoms with Crippen LogP contribution in [0.1, 0.15) is 19.8 Å². The van der Waals surface area contributed by atoms with Crippen LogP contribution >= 0.6 is 11.3 Å². The number of para-hydroxylation sites is 1. The Kier molecular flexibility index (Phi) is 8.80. The molecule has 0 aliphatic carbocycles. The van der Waals surface area contributed by atoms with Crippen molar-refractivity contribution in [1.82, 2.24) is 15.6 Å². The van der Waals surface area contributed by atoms with Crippen LogP contribution in [0.15, 0.2) is 29.3 Å². The number of aromatic nitrogens is 1. The highest BCUT2D eigenvalue weighted by molar-refractivity contribution is 7.22. The van der Waals surface area contributed by atoms with Crippen molar-refractivity contribution in [2.24, 2.45) is 10.9 Å². The fraction of sp³-hybridized carbons (Fsp3) is 0.600. The van der Waals surface area contributed by atoms with Crippen molar-refractivity contribution in [3.05, 3.63) is 24.3 Å². The monoisotopic (exact) mass is 405 g/mol. The predicted molar refractivity (Wildman–Crippen MR) is 116 cm³/mol. The molecule has 1 aromatic heterocycles. The van der Waals surface area contributed by atoms with Gasteiger partial charge in [-0.05, 0) is 31.9 Å².